The van der Waals surface area contributed by atoms with Crippen LogP contribution in [-0.2, 0) is 21.0 Å². The Morgan fingerprint density at radius 2 is 1.73 bits per heavy atom. The van der Waals surface area contributed by atoms with Crippen LogP contribution in [0.4, 0.5) is 18.3 Å². The lowest BCUT2D eigenvalue weighted by molar-refractivity contribution is -0.137. The summed E-state index contributed by atoms with van der Waals surface area (Å²) in [5.41, 5.74) is 1.30. The largest absolute Gasteiger partial charge is 0.416 e. The lowest BCUT2D eigenvalue weighted by atomic mass is 10.1. The number of aromatic nitrogens is 1. The van der Waals surface area contributed by atoms with Gasteiger partial charge >= 0.3 is 6.18 Å². The Morgan fingerprint density at radius 3 is 2.30 bits per heavy atom. The fourth-order valence-electron chi connectivity index (χ4n) is 3.44. The SMILES string of the molecule is CN(C)S(=O)(=O)c1ccc(-c2csc(NC(=O)C3CC3c3ccc(C(F)(F)F)cc3)n2)cc1. The maximum atomic E-state index is 12.7. The monoisotopic (exact) mass is 495 g/mol. The molecule has 0 bridgehead atoms. The number of nitrogens with one attached hydrogen (secondary N) is 1. The van der Waals surface area contributed by atoms with Crippen LogP contribution in [0, 0.1) is 5.92 Å². The number of nitrogens with zero attached hydrogens (tertiary/aromatic N) is 2. The molecule has 2 atom stereocenters. The number of rotatable bonds is 6. The van der Waals surface area contributed by atoms with E-state index in [0.29, 0.717) is 28.4 Å². The van der Waals surface area contributed by atoms with E-state index in [1.807, 2.05) is 0 Å². The predicted octanol–water partition coefficient (Wildman–Crippen LogP) is 4.82. The van der Waals surface area contributed by atoms with E-state index in [4.69, 9.17) is 0 Å². The molecular formula is C22H20F3N3O3S2. The van der Waals surface area contributed by atoms with Gasteiger partial charge in [-0.25, -0.2) is 17.7 Å². The summed E-state index contributed by atoms with van der Waals surface area (Å²) in [5, 5.41) is 4.92. The number of alkyl halides is 3. The summed E-state index contributed by atoms with van der Waals surface area (Å²) in [5.74, 6) is -0.657. The number of hydrogen-bond donors (Lipinski definition) is 1. The van der Waals surface area contributed by atoms with Gasteiger partial charge in [0, 0.05) is 31.0 Å². The van der Waals surface area contributed by atoms with Gasteiger partial charge in [-0.2, -0.15) is 13.2 Å². The third-order valence-electron chi connectivity index (χ3n) is 5.46. The van der Waals surface area contributed by atoms with Gasteiger partial charge in [0.15, 0.2) is 5.13 Å². The van der Waals surface area contributed by atoms with Gasteiger partial charge in [-0.05, 0) is 42.2 Å². The smallest absolute Gasteiger partial charge is 0.302 e. The van der Waals surface area contributed by atoms with E-state index in [1.165, 1.54) is 49.7 Å². The van der Waals surface area contributed by atoms with Gasteiger partial charge in [0.1, 0.15) is 0 Å². The topological polar surface area (TPSA) is 79.4 Å². The molecule has 1 amide bonds. The molecule has 1 aliphatic carbocycles. The van der Waals surface area contributed by atoms with E-state index >= 15 is 0 Å². The second-order valence-electron chi connectivity index (χ2n) is 7.91. The molecule has 1 saturated carbocycles. The van der Waals surface area contributed by atoms with E-state index in [1.54, 1.807) is 17.5 Å². The number of anilines is 1. The second-order valence-corrected chi connectivity index (χ2v) is 10.9. The summed E-state index contributed by atoms with van der Waals surface area (Å²) >= 11 is 1.24. The average molecular weight is 496 g/mol. The average Bonchev–Trinajstić information content (AvgIpc) is 3.45. The van der Waals surface area contributed by atoms with Crippen LogP contribution in [0.2, 0.25) is 0 Å². The zero-order valence-corrected chi connectivity index (χ0v) is 19.3. The number of carbonyl (C=O) groups excluding carboxylic acids is 1. The van der Waals surface area contributed by atoms with Crippen LogP contribution in [0.5, 0.6) is 0 Å². The predicted molar refractivity (Wildman–Crippen MR) is 119 cm³/mol. The lowest BCUT2D eigenvalue weighted by Crippen LogP contribution is -2.22. The van der Waals surface area contributed by atoms with E-state index in [0.717, 1.165) is 16.4 Å². The van der Waals surface area contributed by atoms with Crippen molar-refractivity contribution < 1.29 is 26.4 Å². The first kappa shape index (κ1) is 23.4. The Hall–Kier alpha value is -2.76. The molecule has 1 aromatic heterocycles. The van der Waals surface area contributed by atoms with Crippen molar-refractivity contribution in [2.24, 2.45) is 5.92 Å². The molecule has 1 N–H and O–H groups in total. The van der Waals surface area contributed by atoms with Crippen LogP contribution >= 0.6 is 11.3 Å². The maximum absolute atomic E-state index is 12.7. The molecule has 2 aromatic carbocycles. The summed E-state index contributed by atoms with van der Waals surface area (Å²) < 4.78 is 63.6. The lowest BCUT2D eigenvalue weighted by Gasteiger charge is -2.11. The molecule has 0 spiro atoms. The molecule has 11 heteroatoms. The maximum Gasteiger partial charge on any atom is 0.416 e. The minimum atomic E-state index is -4.39. The molecule has 1 heterocycles. The van der Waals surface area contributed by atoms with E-state index < -0.39 is 21.8 Å². The molecule has 2 unspecified atom stereocenters. The summed E-state index contributed by atoms with van der Waals surface area (Å²) in [6.07, 6.45) is -3.82. The first-order valence-corrected chi connectivity index (χ1v) is 12.3. The molecule has 3 aromatic rings. The van der Waals surface area contributed by atoms with Crippen molar-refractivity contribution in [3.8, 4) is 11.3 Å². The van der Waals surface area contributed by atoms with E-state index in [-0.39, 0.29) is 22.6 Å². The van der Waals surface area contributed by atoms with Crippen molar-refractivity contribution in [1.82, 2.24) is 9.29 Å². The van der Waals surface area contributed by atoms with E-state index in [2.05, 4.69) is 10.3 Å². The van der Waals surface area contributed by atoms with Crippen LogP contribution in [0.3, 0.4) is 0 Å². The first-order chi connectivity index (χ1) is 15.5. The second kappa shape index (κ2) is 8.54. The Bertz CT molecular complexity index is 1270. The van der Waals surface area contributed by atoms with E-state index in [9.17, 15) is 26.4 Å². The normalized spacial score (nSPS) is 18.4. The van der Waals surface area contributed by atoms with Crippen molar-refractivity contribution in [3.05, 3.63) is 65.0 Å². The number of sulfonamides is 1. The van der Waals surface area contributed by atoms with Crippen molar-refractivity contribution >= 4 is 32.4 Å². The van der Waals surface area contributed by atoms with Crippen molar-refractivity contribution in [2.45, 2.75) is 23.4 Å². The fraction of sp³-hybridized carbons (Fsp3) is 0.273. The van der Waals surface area contributed by atoms with Crippen molar-refractivity contribution in [2.75, 3.05) is 19.4 Å². The summed E-state index contributed by atoms with van der Waals surface area (Å²) in [4.78, 5) is 17.1. The van der Waals surface area contributed by atoms with Gasteiger partial charge < -0.3 is 5.32 Å². The quantitative estimate of drug-likeness (QED) is 0.532. The highest BCUT2D eigenvalue weighted by Gasteiger charge is 2.44. The van der Waals surface area contributed by atoms with Gasteiger partial charge in [0.05, 0.1) is 16.2 Å². The molecular weight excluding hydrogens is 475 g/mol. The van der Waals surface area contributed by atoms with Gasteiger partial charge in [0.25, 0.3) is 0 Å². The third-order valence-corrected chi connectivity index (χ3v) is 8.04. The van der Waals surface area contributed by atoms with Crippen LogP contribution in [-0.4, -0.2) is 37.7 Å². The Labute approximate surface area is 193 Å². The molecule has 0 radical (unpaired) electrons. The van der Waals surface area contributed by atoms with Gasteiger partial charge in [-0.1, -0.05) is 24.3 Å². The molecule has 174 valence electrons. The van der Waals surface area contributed by atoms with Crippen molar-refractivity contribution in [3.63, 3.8) is 0 Å². The fourth-order valence-corrected chi connectivity index (χ4v) is 5.07. The van der Waals surface area contributed by atoms with Gasteiger partial charge in [-0.15, -0.1) is 11.3 Å². The minimum absolute atomic E-state index is 0.113. The summed E-state index contributed by atoms with van der Waals surface area (Å²) in [6, 6.07) is 11.2. The number of amides is 1. The van der Waals surface area contributed by atoms with Gasteiger partial charge in [-0.3, -0.25) is 4.79 Å². The zero-order chi connectivity index (χ0) is 24.0. The Morgan fingerprint density at radius 1 is 1.09 bits per heavy atom. The molecule has 6 nitrogen and oxygen atoms in total. The number of hydrogen-bond acceptors (Lipinski definition) is 5. The highest BCUT2D eigenvalue weighted by Crippen LogP contribution is 2.48. The summed E-state index contributed by atoms with van der Waals surface area (Å²) in [6.45, 7) is 0. The highest BCUT2D eigenvalue weighted by molar-refractivity contribution is 7.89. The van der Waals surface area contributed by atoms with Crippen LogP contribution in [0.25, 0.3) is 11.3 Å². The van der Waals surface area contributed by atoms with Gasteiger partial charge in [0.2, 0.25) is 15.9 Å². The summed E-state index contributed by atoms with van der Waals surface area (Å²) in [7, 11) is -0.606. The Kier molecular flexibility index (Phi) is 6.06. The van der Waals surface area contributed by atoms with Crippen LogP contribution in [0.1, 0.15) is 23.5 Å². The Balaban J connectivity index is 1.39. The molecule has 1 aliphatic rings. The number of thiazole rings is 1. The first-order valence-electron chi connectivity index (χ1n) is 9.93. The number of carbonyl (C=O) groups is 1. The number of benzene rings is 2. The van der Waals surface area contributed by atoms with Crippen molar-refractivity contribution in [1.29, 1.82) is 0 Å². The van der Waals surface area contributed by atoms with Crippen LogP contribution < -0.4 is 5.32 Å². The minimum Gasteiger partial charge on any atom is -0.302 e. The molecule has 33 heavy (non-hydrogen) atoms. The third kappa shape index (κ3) is 4.94. The van der Waals surface area contributed by atoms with Crippen LogP contribution in [0.15, 0.2) is 58.8 Å². The molecule has 1 fully saturated rings. The highest BCUT2D eigenvalue weighted by atomic mass is 32.2. The molecule has 0 saturated heterocycles. The standard InChI is InChI=1S/C22H20F3N3O3S2/c1-28(2)33(30,31)16-9-5-14(6-10-16)19-12-32-21(26-19)27-20(29)18-11-17(18)13-3-7-15(8-4-13)22(23,24)25/h3-10,12,17-18H,11H2,1-2H3,(H,26,27,29). The zero-order valence-electron chi connectivity index (χ0n) is 17.6. The molecule has 0 aliphatic heterocycles. The number of halogens is 3. The molecule has 4 rings (SSSR count).